The zero-order valence-corrected chi connectivity index (χ0v) is 13.4. The molecule has 6 atom stereocenters. The first-order chi connectivity index (χ1) is 9.95. The number of rotatable bonds is 0. The molecule has 4 rings (SSSR count). The van der Waals surface area contributed by atoms with Crippen molar-refractivity contribution in [1.82, 2.24) is 0 Å². The topological polar surface area (TPSA) is 37.3 Å². The van der Waals surface area contributed by atoms with Gasteiger partial charge in [-0.05, 0) is 68.1 Å². The van der Waals surface area contributed by atoms with Crippen LogP contribution >= 0.6 is 0 Å². The van der Waals surface area contributed by atoms with Crippen molar-refractivity contribution in [2.45, 2.75) is 71.3 Å². The molecule has 0 aromatic heterocycles. The lowest BCUT2D eigenvalue weighted by atomic mass is 9.47. The van der Waals surface area contributed by atoms with Crippen molar-refractivity contribution in [3.8, 4) is 0 Å². The summed E-state index contributed by atoms with van der Waals surface area (Å²) in [7, 11) is 0. The van der Waals surface area contributed by atoms with Crippen LogP contribution < -0.4 is 0 Å². The summed E-state index contributed by atoms with van der Waals surface area (Å²) in [5, 5.41) is 9.96. The Morgan fingerprint density at radius 2 is 1.71 bits per heavy atom. The molecule has 0 radical (unpaired) electrons. The lowest BCUT2D eigenvalue weighted by Gasteiger charge is -2.57. The predicted molar refractivity (Wildman–Crippen MR) is 82.7 cm³/mol. The monoisotopic (exact) mass is 288 g/mol. The molecule has 2 heteroatoms. The van der Waals surface area contributed by atoms with E-state index in [2.05, 4.69) is 19.9 Å². The van der Waals surface area contributed by atoms with Gasteiger partial charge in [-0.25, -0.2) is 0 Å². The number of aliphatic hydroxyl groups excluding tert-OH is 1. The number of allylic oxidation sites excluding steroid dienone is 1. The largest absolute Gasteiger partial charge is 0.389 e. The quantitative estimate of drug-likeness (QED) is 0.687. The van der Waals surface area contributed by atoms with Crippen LogP contribution in [0.25, 0.3) is 0 Å². The van der Waals surface area contributed by atoms with Gasteiger partial charge in [0.15, 0.2) is 0 Å². The van der Waals surface area contributed by atoms with Gasteiger partial charge in [0.2, 0.25) is 0 Å². The van der Waals surface area contributed by atoms with Crippen LogP contribution in [0.5, 0.6) is 0 Å². The second-order valence-corrected chi connectivity index (χ2v) is 8.55. The number of aliphatic hydroxyl groups is 1. The lowest BCUT2D eigenvalue weighted by molar-refractivity contribution is -0.132. The van der Waals surface area contributed by atoms with Crippen LogP contribution in [-0.2, 0) is 4.79 Å². The van der Waals surface area contributed by atoms with Gasteiger partial charge in [0.25, 0.3) is 0 Å². The molecule has 4 aliphatic rings. The summed E-state index contributed by atoms with van der Waals surface area (Å²) in [5.74, 6) is 2.66. The van der Waals surface area contributed by atoms with Gasteiger partial charge in [-0.1, -0.05) is 25.5 Å². The van der Waals surface area contributed by atoms with Gasteiger partial charge in [0.1, 0.15) is 5.78 Å². The minimum absolute atomic E-state index is 0.00702. The van der Waals surface area contributed by atoms with E-state index in [0.717, 1.165) is 50.4 Å². The highest BCUT2D eigenvalue weighted by atomic mass is 16.3. The Hall–Kier alpha value is -0.630. The highest BCUT2D eigenvalue weighted by Crippen LogP contribution is 2.64. The third kappa shape index (κ3) is 1.78. The summed E-state index contributed by atoms with van der Waals surface area (Å²) in [6, 6.07) is 0. The molecular formula is C19H28O2. The Morgan fingerprint density at radius 3 is 2.52 bits per heavy atom. The second-order valence-electron chi connectivity index (χ2n) is 8.55. The number of hydrogen-bond donors (Lipinski definition) is 1. The maximum Gasteiger partial charge on any atom is 0.139 e. The van der Waals surface area contributed by atoms with Gasteiger partial charge in [-0.2, -0.15) is 0 Å². The molecule has 2 nitrogen and oxygen atoms in total. The van der Waals surface area contributed by atoms with E-state index in [4.69, 9.17) is 0 Å². The van der Waals surface area contributed by atoms with Crippen LogP contribution in [-0.4, -0.2) is 17.0 Å². The minimum atomic E-state index is -0.216. The van der Waals surface area contributed by atoms with Gasteiger partial charge >= 0.3 is 0 Å². The summed E-state index contributed by atoms with van der Waals surface area (Å²) in [5.41, 5.74) is 1.82. The molecule has 0 heterocycles. The van der Waals surface area contributed by atoms with Crippen LogP contribution in [0, 0.1) is 28.6 Å². The number of ketones is 1. The molecule has 21 heavy (non-hydrogen) atoms. The van der Waals surface area contributed by atoms with Crippen molar-refractivity contribution in [3.63, 3.8) is 0 Å². The van der Waals surface area contributed by atoms with Crippen molar-refractivity contribution in [3.05, 3.63) is 11.6 Å². The normalized spacial score (nSPS) is 52.7. The van der Waals surface area contributed by atoms with Gasteiger partial charge in [0.05, 0.1) is 6.10 Å². The van der Waals surface area contributed by atoms with E-state index in [1.54, 1.807) is 0 Å². The molecule has 0 aromatic rings. The number of hydrogen-bond acceptors (Lipinski definition) is 2. The molecule has 3 saturated carbocycles. The first kappa shape index (κ1) is 14.0. The van der Waals surface area contributed by atoms with Crippen molar-refractivity contribution in [2.75, 3.05) is 0 Å². The Balaban J connectivity index is 1.69. The van der Waals surface area contributed by atoms with Gasteiger partial charge < -0.3 is 5.11 Å². The van der Waals surface area contributed by atoms with Gasteiger partial charge in [-0.15, -0.1) is 0 Å². The maximum atomic E-state index is 12.4. The third-order valence-electron chi connectivity index (χ3n) is 7.80. The smallest absolute Gasteiger partial charge is 0.139 e. The number of carbonyl (C=O) groups excluding carboxylic acids is 1. The van der Waals surface area contributed by atoms with E-state index in [0.29, 0.717) is 17.1 Å². The summed E-state index contributed by atoms with van der Waals surface area (Å²) in [6.07, 6.45) is 10.7. The van der Waals surface area contributed by atoms with Crippen molar-refractivity contribution < 1.29 is 9.90 Å². The number of Topliss-reactive ketones (excluding diaryl/α,β-unsaturated/α-hetero) is 1. The highest BCUT2D eigenvalue weighted by Gasteiger charge is 2.58. The van der Waals surface area contributed by atoms with Crippen molar-refractivity contribution in [2.24, 2.45) is 28.6 Å². The molecule has 0 bridgehead atoms. The summed E-state index contributed by atoms with van der Waals surface area (Å²) >= 11 is 0. The zero-order valence-electron chi connectivity index (χ0n) is 13.4. The Kier molecular flexibility index (Phi) is 2.96. The number of fused-ring (bicyclic) bond motifs is 5. The highest BCUT2D eigenvalue weighted by molar-refractivity contribution is 5.87. The zero-order chi connectivity index (χ0) is 14.8. The Morgan fingerprint density at radius 1 is 1.00 bits per heavy atom. The molecule has 116 valence electrons. The molecule has 0 saturated heterocycles. The standard InChI is InChI=1S/C19H28O2/c1-18-9-7-13(20)11-12(18)3-4-14-15-5-6-17(21)19(15,2)10-8-16(14)18/h11,13-16,20H,3-10H2,1-2H3/t13-,14-,15-,16-,18+,19-/m1/s1. The molecule has 0 unspecified atom stereocenters. The molecule has 0 amide bonds. The van der Waals surface area contributed by atoms with Crippen molar-refractivity contribution >= 4 is 5.78 Å². The fourth-order valence-corrected chi connectivity index (χ4v) is 6.48. The molecule has 4 aliphatic carbocycles. The summed E-state index contributed by atoms with van der Waals surface area (Å²) in [4.78, 5) is 12.4. The van der Waals surface area contributed by atoms with Crippen molar-refractivity contribution in [1.29, 1.82) is 0 Å². The Labute approximate surface area is 128 Å². The first-order valence-corrected chi connectivity index (χ1v) is 8.88. The average Bonchev–Trinajstić information content (AvgIpc) is 2.76. The van der Waals surface area contributed by atoms with E-state index >= 15 is 0 Å². The molecule has 3 fully saturated rings. The molecule has 0 aliphatic heterocycles. The predicted octanol–water partition coefficient (Wildman–Crippen LogP) is 3.88. The van der Waals surface area contributed by atoms with Crippen LogP contribution in [0.1, 0.15) is 65.2 Å². The first-order valence-electron chi connectivity index (χ1n) is 8.88. The lowest BCUT2D eigenvalue weighted by Crippen LogP contribution is -2.50. The molecule has 0 spiro atoms. The minimum Gasteiger partial charge on any atom is -0.389 e. The third-order valence-corrected chi connectivity index (χ3v) is 7.80. The summed E-state index contributed by atoms with van der Waals surface area (Å²) in [6.45, 7) is 4.70. The fourth-order valence-electron chi connectivity index (χ4n) is 6.48. The second kappa shape index (κ2) is 4.44. The SMILES string of the molecule is C[C@@]12CC[C@@H]3[C@H](CCC4=C[C@H](O)CC[C@@]43C)[C@H]1CCC2=O. The fraction of sp³-hybridized carbons (Fsp3) is 0.842. The number of carbonyl (C=O) groups is 1. The van der Waals surface area contributed by atoms with Gasteiger partial charge in [0, 0.05) is 11.8 Å². The Bertz CT molecular complexity index is 508. The molecule has 0 aromatic carbocycles. The molecular weight excluding hydrogens is 260 g/mol. The molecule has 1 N–H and O–H groups in total. The van der Waals surface area contributed by atoms with Crippen LogP contribution in [0.15, 0.2) is 11.6 Å². The average molecular weight is 288 g/mol. The summed E-state index contributed by atoms with van der Waals surface area (Å²) < 4.78 is 0. The van der Waals surface area contributed by atoms with E-state index < -0.39 is 0 Å². The van der Waals surface area contributed by atoms with E-state index in [9.17, 15) is 9.90 Å². The van der Waals surface area contributed by atoms with E-state index in [1.165, 1.54) is 18.4 Å². The maximum absolute atomic E-state index is 12.4. The van der Waals surface area contributed by atoms with Crippen LogP contribution in [0.4, 0.5) is 0 Å². The van der Waals surface area contributed by atoms with Gasteiger partial charge in [-0.3, -0.25) is 4.79 Å². The van der Waals surface area contributed by atoms with Crippen LogP contribution in [0.3, 0.4) is 0 Å². The van der Waals surface area contributed by atoms with E-state index in [1.807, 2.05) is 0 Å². The van der Waals surface area contributed by atoms with E-state index in [-0.39, 0.29) is 11.5 Å². The van der Waals surface area contributed by atoms with Crippen LogP contribution in [0.2, 0.25) is 0 Å².